The number of anilines is 1. The number of benzene rings is 1. The summed E-state index contributed by atoms with van der Waals surface area (Å²) in [5.41, 5.74) is 2.87. The molecule has 1 fully saturated rings. The minimum atomic E-state index is -1.02. The molecule has 2 aliphatic heterocycles. The van der Waals surface area contributed by atoms with Gasteiger partial charge in [-0.25, -0.2) is 4.98 Å². The molecule has 4 aromatic rings. The smallest absolute Gasteiger partial charge is 0.327 e. The highest BCUT2D eigenvalue weighted by molar-refractivity contribution is 7.18. The fourth-order valence-corrected chi connectivity index (χ4v) is 5.28. The van der Waals surface area contributed by atoms with Crippen molar-refractivity contribution in [3.63, 3.8) is 0 Å². The Balaban J connectivity index is 1.21. The van der Waals surface area contributed by atoms with Gasteiger partial charge in [-0.05, 0) is 29.0 Å². The summed E-state index contributed by atoms with van der Waals surface area (Å²) >= 11 is 1.47. The zero-order valence-electron chi connectivity index (χ0n) is 18.0. The van der Waals surface area contributed by atoms with Gasteiger partial charge in [0.15, 0.2) is 11.7 Å². The number of piperidine rings is 1. The number of carboxylic acids is 1. The number of hydrogen-bond donors (Lipinski definition) is 1. The number of rotatable bonds is 5. The molecule has 1 spiro atoms. The van der Waals surface area contributed by atoms with E-state index in [-0.39, 0.29) is 6.54 Å². The van der Waals surface area contributed by atoms with Crippen molar-refractivity contribution in [1.82, 2.24) is 25.2 Å². The lowest BCUT2D eigenvalue weighted by molar-refractivity contribution is -0.138. The van der Waals surface area contributed by atoms with E-state index in [1.165, 1.54) is 11.3 Å². The number of aliphatic carboxylic acids is 1. The normalized spacial score (nSPS) is 16.7. The lowest BCUT2D eigenvalue weighted by Crippen LogP contribution is -2.48. The first-order chi connectivity index (χ1) is 16.6. The molecule has 34 heavy (non-hydrogen) atoms. The number of para-hydroxylation sites is 1. The molecule has 10 nitrogen and oxygen atoms in total. The largest absolute Gasteiger partial charge is 0.482 e. The summed E-state index contributed by atoms with van der Waals surface area (Å²) in [4.78, 5) is 19.4. The second kappa shape index (κ2) is 8.10. The topological polar surface area (TPSA) is 119 Å². The van der Waals surface area contributed by atoms with E-state index < -0.39 is 11.6 Å². The predicted molar refractivity (Wildman–Crippen MR) is 124 cm³/mol. The van der Waals surface area contributed by atoms with E-state index in [1.807, 2.05) is 24.3 Å². The van der Waals surface area contributed by atoms with Crippen LogP contribution in [0.15, 0.2) is 59.5 Å². The maximum Gasteiger partial charge on any atom is 0.327 e. The SMILES string of the molecule is O=C(O)Cn1nnc(-c2cnc(N3CCC4(C=C(c5ccoc5)c5ccccc5O4)CC3)s2)n1. The second-order valence-electron chi connectivity index (χ2n) is 8.26. The summed E-state index contributed by atoms with van der Waals surface area (Å²) in [5.74, 6) is 0.244. The lowest BCUT2D eigenvalue weighted by atomic mass is 9.83. The van der Waals surface area contributed by atoms with Gasteiger partial charge < -0.3 is 19.2 Å². The van der Waals surface area contributed by atoms with E-state index in [0.717, 1.165) is 63.2 Å². The number of aromatic nitrogens is 5. The second-order valence-corrected chi connectivity index (χ2v) is 9.27. The number of carboxylic acid groups (broad SMARTS) is 1. The molecule has 5 heterocycles. The Kier molecular flexibility index (Phi) is 4.91. The van der Waals surface area contributed by atoms with Gasteiger partial charge >= 0.3 is 5.97 Å². The molecule has 2 aliphatic rings. The van der Waals surface area contributed by atoms with Crippen LogP contribution in [0.5, 0.6) is 5.75 Å². The molecule has 172 valence electrons. The van der Waals surface area contributed by atoms with E-state index in [1.54, 1.807) is 18.7 Å². The van der Waals surface area contributed by atoms with Gasteiger partial charge in [0.2, 0.25) is 5.82 Å². The first-order valence-electron chi connectivity index (χ1n) is 10.8. The Bertz CT molecular complexity index is 1370. The monoisotopic (exact) mass is 476 g/mol. The molecule has 1 saturated heterocycles. The average molecular weight is 477 g/mol. The molecule has 0 amide bonds. The predicted octanol–water partition coefficient (Wildman–Crippen LogP) is 3.34. The van der Waals surface area contributed by atoms with Crippen LogP contribution in [0.3, 0.4) is 0 Å². The van der Waals surface area contributed by atoms with Crippen molar-refractivity contribution >= 4 is 28.0 Å². The Labute approximate surface area is 198 Å². The third-order valence-electron chi connectivity index (χ3n) is 6.05. The number of hydrogen-bond acceptors (Lipinski definition) is 9. The molecular formula is C23H20N6O4S. The van der Waals surface area contributed by atoms with Crippen LogP contribution in [0.1, 0.15) is 24.0 Å². The number of nitrogens with zero attached hydrogens (tertiary/aromatic N) is 6. The van der Waals surface area contributed by atoms with Gasteiger partial charge in [0.05, 0.1) is 23.6 Å². The number of thiazole rings is 1. The quantitative estimate of drug-likeness (QED) is 0.462. The van der Waals surface area contributed by atoms with E-state index in [9.17, 15) is 4.79 Å². The number of carbonyl (C=O) groups is 1. The fourth-order valence-electron chi connectivity index (χ4n) is 4.39. The Morgan fingerprint density at radius 3 is 2.85 bits per heavy atom. The minimum Gasteiger partial charge on any atom is -0.482 e. The van der Waals surface area contributed by atoms with Gasteiger partial charge in [0.25, 0.3) is 0 Å². The van der Waals surface area contributed by atoms with Crippen LogP contribution in [0.4, 0.5) is 5.13 Å². The first kappa shape index (κ1) is 20.6. The van der Waals surface area contributed by atoms with Crippen molar-refractivity contribution in [3.8, 4) is 16.5 Å². The molecule has 0 saturated carbocycles. The number of ether oxygens (including phenoxy) is 1. The fraction of sp³-hybridized carbons (Fsp3) is 0.261. The molecule has 0 bridgehead atoms. The maximum atomic E-state index is 10.8. The summed E-state index contributed by atoms with van der Waals surface area (Å²) in [5, 5.41) is 21.6. The highest BCUT2D eigenvalue weighted by Crippen LogP contribution is 2.44. The molecule has 1 N–H and O–H groups in total. The van der Waals surface area contributed by atoms with Crippen molar-refractivity contribution in [2.45, 2.75) is 25.0 Å². The molecule has 0 atom stereocenters. The minimum absolute atomic E-state index is 0.329. The molecule has 1 aromatic carbocycles. The van der Waals surface area contributed by atoms with Crippen molar-refractivity contribution in [3.05, 3.63) is 66.3 Å². The molecular weight excluding hydrogens is 456 g/mol. The zero-order valence-corrected chi connectivity index (χ0v) is 18.8. The lowest BCUT2D eigenvalue weighted by Gasteiger charge is -2.43. The van der Waals surface area contributed by atoms with Crippen molar-refractivity contribution < 1.29 is 19.1 Å². The summed E-state index contributed by atoms with van der Waals surface area (Å²) in [6.07, 6.45) is 9.04. The molecule has 0 radical (unpaired) electrons. The molecule has 11 heteroatoms. The summed E-state index contributed by atoms with van der Waals surface area (Å²) in [6, 6.07) is 10.1. The van der Waals surface area contributed by atoms with Crippen molar-refractivity contribution in [1.29, 1.82) is 0 Å². The highest BCUT2D eigenvalue weighted by Gasteiger charge is 2.39. The molecule has 0 unspecified atom stereocenters. The van der Waals surface area contributed by atoms with Gasteiger partial charge in [-0.3, -0.25) is 4.79 Å². The number of furan rings is 1. The van der Waals surface area contributed by atoms with Gasteiger partial charge in [-0.1, -0.05) is 29.5 Å². The Morgan fingerprint density at radius 1 is 1.21 bits per heavy atom. The summed E-state index contributed by atoms with van der Waals surface area (Å²) in [6.45, 7) is 1.23. The van der Waals surface area contributed by atoms with E-state index in [0.29, 0.717) is 5.82 Å². The van der Waals surface area contributed by atoms with E-state index >= 15 is 0 Å². The molecule has 6 rings (SSSR count). The number of tetrazole rings is 1. The Hall–Kier alpha value is -3.99. The molecule has 3 aromatic heterocycles. The van der Waals surface area contributed by atoms with Gasteiger partial charge in [-0.2, -0.15) is 4.80 Å². The van der Waals surface area contributed by atoms with E-state index in [4.69, 9.17) is 14.3 Å². The van der Waals surface area contributed by atoms with E-state index in [2.05, 4.69) is 37.4 Å². The maximum absolute atomic E-state index is 10.8. The summed E-state index contributed by atoms with van der Waals surface area (Å²) < 4.78 is 11.9. The third kappa shape index (κ3) is 3.73. The molecule has 0 aliphatic carbocycles. The Morgan fingerprint density at radius 2 is 2.06 bits per heavy atom. The van der Waals surface area contributed by atoms with Crippen LogP contribution in [0.2, 0.25) is 0 Å². The van der Waals surface area contributed by atoms with Crippen LogP contribution >= 0.6 is 11.3 Å². The third-order valence-corrected chi connectivity index (χ3v) is 7.11. The van der Waals surface area contributed by atoms with Crippen LogP contribution in [-0.4, -0.2) is 55.0 Å². The van der Waals surface area contributed by atoms with Crippen molar-refractivity contribution in [2.24, 2.45) is 0 Å². The van der Waals surface area contributed by atoms with Crippen molar-refractivity contribution in [2.75, 3.05) is 18.0 Å². The summed E-state index contributed by atoms with van der Waals surface area (Å²) in [7, 11) is 0. The standard InChI is InChI=1S/C23H20N6O4S/c30-20(31)13-29-26-21(25-27-29)19-12-24-22(34-19)28-8-6-23(7-9-28)11-17(15-5-10-32-14-15)16-3-1-2-4-18(16)33-23/h1-5,10-12,14H,6-9,13H2,(H,30,31). The first-order valence-corrected chi connectivity index (χ1v) is 11.6. The van der Waals surface area contributed by atoms with Gasteiger partial charge in [0, 0.05) is 37.1 Å². The van der Waals surface area contributed by atoms with Crippen LogP contribution in [0.25, 0.3) is 16.3 Å². The van der Waals surface area contributed by atoms with Crippen LogP contribution < -0.4 is 9.64 Å². The van der Waals surface area contributed by atoms with Crippen LogP contribution in [-0.2, 0) is 11.3 Å². The highest BCUT2D eigenvalue weighted by atomic mass is 32.1. The van der Waals surface area contributed by atoms with Gasteiger partial charge in [-0.15, -0.1) is 10.2 Å². The van der Waals surface area contributed by atoms with Gasteiger partial charge in [0.1, 0.15) is 11.4 Å². The average Bonchev–Trinajstić information content (AvgIpc) is 3.60. The zero-order chi connectivity index (χ0) is 23.1. The van der Waals surface area contributed by atoms with Crippen LogP contribution in [0, 0.1) is 0 Å². The number of fused-ring (bicyclic) bond motifs is 1.